The van der Waals surface area contributed by atoms with Crippen molar-refractivity contribution in [3.8, 4) is 0 Å². The Morgan fingerprint density at radius 2 is 2.00 bits per heavy atom. The zero-order valence-electron chi connectivity index (χ0n) is 6.29. The molecule has 13 heavy (non-hydrogen) atoms. The van der Waals surface area contributed by atoms with E-state index < -0.39 is 11.3 Å². The van der Waals surface area contributed by atoms with Crippen LogP contribution in [-0.4, -0.2) is 14.9 Å². The monoisotopic (exact) mass is 411 g/mol. The highest BCUT2D eigenvalue weighted by Gasteiger charge is 2.39. The molecule has 0 aliphatic rings. The Balaban J connectivity index is 3.24. The first-order valence-corrected chi connectivity index (χ1v) is 7.67. The van der Waals surface area contributed by atoms with Crippen LogP contribution in [0.2, 0.25) is 0 Å². The van der Waals surface area contributed by atoms with Crippen molar-refractivity contribution >= 4 is 69.0 Å². The first-order valence-electron chi connectivity index (χ1n) is 2.99. The maximum Gasteiger partial charge on any atom is 0.241 e. The molecule has 1 heterocycles. The SMILES string of the molecule is Cc1cnc(S(=O)(=O)C(Br)(Br)Br)s1. The molecule has 3 nitrogen and oxygen atoms in total. The Morgan fingerprint density at radius 1 is 1.46 bits per heavy atom. The van der Waals surface area contributed by atoms with Gasteiger partial charge in [0.25, 0.3) is 0 Å². The molecule has 0 unspecified atom stereocenters. The predicted molar refractivity (Wildman–Crippen MR) is 63.5 cm³/mol. The number of sulfone groups is 1. The van der Waals surface area contributed by atoms with Crippen molar-refractivity contribution in [2.24, 2.45) is 0 Å². The van der Waals surface area contributed by atoms with E-state index >= 15 is 0 Å². The quantitative estimate of drug-likeness (QED) is 0.665. The van der Waals surface area contributed by atoms with Crippen LogP contribution in [0.4, 0.5) is 0 Å². The molecule has 0 saturated heterocycles. The van der Waals surface area contributed by atoms with Crippen molar-refractivity contribution < 1.29 is 8.42 Å². The number of alkyl halides is 3. The lowest BCUT2D eigenvalue weighted by atomic mass is 10.7. The van der Waals surface area contributed by atoms with Crippen LogP contribution >= 0.6 is 59.1 Å². The minimum absolute atomic E-state index is 0.0793. The highest BCUT2D eigenvalue weighted by molar-refractivity contribution is 9.42. The third-order valence-electron chi connectivity index (χ3n) is 1.13. The molecule has 0 fully saturated rings. The number of aromatic nitrogens is 1. The normalized spacial score (nSPS) is 13.2. The predicted octanol–water partition coefficient (Wildman–Crippen LogP) is 3.02. The lowest BCUT2D eigenvalue weighted by Gasteiger charge is -2.09. The summed E-state index contributed by atoms with van der Waals surface area (Å²) in [6.45, 7) is 1.80. The van der Waals surface area contributed by atoms with Crippen LogP contribution < -0.4 is 0 Å². The number of nitrogens with zero attached hydrogens (tertiary/aromatic N) is 1. The molecule has 74 valence electrons. The average molecular weight is 414 g/mol. The zero-order valence-corrected chi connectivity index (χ0v) is 12.7. The summed E-state index contributed by atoms with van der Waals surface area (Å²) in [7, 11) is -3.50. The summed E-state index contributed by atoms with van der Waals surface area (Å²) in [5, 5.41) is 0. The summed E-state index contributed by atoms with van der Waals surface area (Å²) in [5.74, 6) is 0. The summed E-state index contributed by atoms with van der Waals surface area (Å²) >= 11 is 10.0. The van der Waals surface area contributed by atoms with Crippen molar-refractivity contribution in [1.29, 1.82) is 0 Å². The van der Waals surface area contributed by atoms with E-state index in [-0.39, 0.29) is 4.34 Å². The Hall–Kier alpha value is 1.02. The maximum absolute atomic E-state index is 11.7. The largest absolute Gasteiger partial charge is 0.241 e. The van der Waals surface area contributed by atoms with E-state index in [2.05, 4.69) is 52.8 Å². The van der Waals surface area contributed by atoms with Crippen molar-refractivity contribution in [2.75, 3.05) is 0 Å². The number of thiazole rings is 1. The summed E-state index contributed by atoms with van der Waals surface area (Å²) in [4.78, 5) is 4.65. The summed E-state index contributed by atoms with van der Waals surface area (Å²) < 4.78 is 22.1. The van der Waals surface area contributed by atoms with E-state index in [0.29, 0.717) is 0 Å². The maximum atomic E-state index is 11.7. The molecule has 1 aromatic rings. The lowest BCUT2D eigenvalue weighted by Crippen LogP contribution is -2.17. The molecular formula is C5H4Br3NO2S2. The average Bonchev–Trinajstić information content (AvgIpc) is 2.33. The first kappa shape index (κ1) is 12.1. The third-order valence-corrected chi connectivity index (χ3v) is 7.76. The molecule has 0 aliphatic heterocycles. The summed E-state index contributed by atoms with van der Waals surface area (Å²) in [6, 6.07) is 0. The van der Waals surface area contributed by atoms with Gasteiger partial charge < -0.3 is 0 Å². The van der Waals surface area contributed by atoms with Crippen LogP contribution in [0.15, 0.2) is 10.5 Å². The third kappa shape index (κ3) is 2.53. The highest BCUT2D eigenvalue weighted by Crippen LogP contribution is 2.43. The molecule has 0 amide bonds. The van der Waals surface area contributed by atoms with E-state index in [9.17, 15) is 8.42 Å². The Kier molecular flexibility index (Phi) is 3.61. The van der Waals surface area contributed by atoms with Crippen LogP contribution in [0.5, 0.6) is 0 Å². The van der Waals surface area contributed by atoms with Gasteiger partial charge in [0.2, 0.25) is 15.7 Å². The molecule has 0 spiro atoms. The number of hydrogen-bond donors (Lipinski definition) is 0. The van der Waals surface area contributed by atoms with E-state index in [4.69, 9.17) is 0 Å². The van der Waals surface area contributed by atoms with Crippen LogP contribution in [0.3, 0.4) is 0 Å². The molecule has 0 saturated carbocycles. The molecule has 0 radical (unpaired) electrons. The van der Waals surface area contributed by atoms with Gasteiger partial charge in [-0.25, -0.2) is 13.4 Å². The number of aryl methyl sites for hydroxylation is 1. The summed E-state index contributed by atoms with van der Waals surface area (Å²) in [6.07, 6.45) is 1.52. The van der Waals surface area contributed by atoms with E-state index in [1.165, 1.54) is 6.20 Å². The number of hydrogen-bond acceptors (Lipinski definition) is 4. The van der Waals surface area contributed by atoms with Gasteiger partial charge in [-0.1, -0.05) is 0 Å². The number of rotatable bonds is 1. The highest BCUT2D eigenvalue weighted by atomic mass is 80.0. The lowest BCUT2D eigenvalue weighted by molar-refractivity contribution is 0.598. The Labute approximate surface area is 105 Å². The van der Waals surface area contributed by atoms with Crippen molar-refractivity contribution in [3.05, 3.63) is 11.1 Å². The fraction of sp³-hybridized carbons (Fsp3) is 0.400. The van der Waals surface area contributed by atoms with Crippen LogP contribution in [0.1, 0.15) is 4.88 Å². The molecule has 0 bridgehead atoms. The van der Waals surface area contributed by atoms with Gasteiger partial charge in [-0.15, -0.1) is 11.3 Å². The molecule has 1 aromatic heterocycles. The number of halogens is 3. The van der Waals surface area contributed by atoms with E-state index in [1.807, 2.05) is 0 Å². The Morgan fingerprint density at radius 3 is 2.31 bits per heavy atom. The smallest absolute Gasteiger partial charge is 0.233 e. The van der Waals surface area contributed by atoms with Gasteiger partial charge in [0.15, 0.2) is 0 Å². The second kappa shape index (κ2) is 3.88. The zero-order chi connectivity index (χ0) is 10.3. The van der Waals surface area contributed by atoms with Gasteiger partial charge in [-0.05, 0) is 54.7 Å². The molecule has 0 N–H and O–H groups in total. The second-order valence-electron chi connectivity index (χ2n) is 2.19. The molecule has 8 heteroatoms. The van der Waals surface area contributed by atoms with E-state index in [1.54, 1.807) is 6.92 Å². The van der Waals surface area contributed by atoms with Gasteiger partial charge >= 0.3 is 0 Å². The van der Waals surface area contributed by atoms with Crippen LogP contribution in [-0.2, 0) is 9.84 Å². The molecule has 0 atom stereocenters. The fourth-order valence-electron chi connectivity index (χ4n) is 0.557. The van der Waals surface area contributed by atoms with Crippen molar-refractivity contribution in [3.63, 3.8) is 0 Å². The van der Waals surface area contributed by atoms with Crippen LogP contribution in [0.25, 0.3) is 0 Å². The van der Waals surface area contributed by atoms with Gasteiger partial charge in [0.1, 0.15) is 0 Å². The fourth-order valence-corrected chi connectivity index (χ4v) is 4.99. The van der Waals surface area contributed by atoms with Crippen molar-refractivity contribution in [1.82, 2.24) is 4.98 Å². The first-order chi connectivity index (χ1) is 5.75. The molecular weight excluding hydrogens is 410 g/mol. The molecule has 0 aromatic carbocycles. The van der Waals surface area contributed by atoms with E-state index in [0.717, 1.165) is 16.2 Å². The molecule has 0 aliphatic carbocycles. The van der Waals surface area contributed by atoms with Gasteiger partial charge in [0, 0.05) is 11.1 Å². The minimum Gasteiger partial charge on any atom is -0.233 e. The van der Waals surface area contributed by atoms with Crippen molar-refractivity contribution in [2.45, 2.75) is 12.7 Å². The summed E-state index contributed by atoms with van der Waals surface area (Å²) in [5.41, 5.74) is 0. The van der Waals surface area contributed by atoms with Gasteiger partial charge in [-0.2, -0.15) is 0 Å². The Bertz CT molecular complexity index is 406. The van der Waals surface area contributed by atoms with Gasteiger partial charge in [-0.3, -0.25) is 0 Å². The van der Waals surface area contributed by atoms with Gasteiger partial charge in [0.05, 0.1) is 0 Å². The minimum atomic E-state index is -3.50. The topological polar surface area (TPSA) is 47.0 Å². The second-order valence-corrected chi connectivity index (χ2v) is 14.0. The van der Waals surface area contributed by atoms with Crippen LogP contribution in [0, 0.1) is 6.92 Å². The standard InChI is InChI=1S/C5H4Br3NO2S2/c1-3-2-9-4(12-3)13(10,11)5(6,7)8/h2H,1H3. The molecule has 1 rings (SSSR count).